The van der Waals surface area contributed by atoms with Gasteiger partial charge in [0.15, 0.2) is 0 Å². The second-order valence-electron chi connectivity index (χ2n) is 2.88. The molecule has 2 nitrogen and oxygen atoms in total. The maximum absolute atomic E-state index is 9.06. The highest BCUT2D eigenvalue weighted by molar-refractivity contribution is 5.14. The minimum Gasteiger partial charge on any atom is -0.393 e. The van der Waals surface area contributed by atoms with Crippen LogP contribution in [0.15, 0.2) is 18.3 Å². The van der Waals surface area contributed by atoms with Gasteiger partial charge in [0.25, 0.3) is 0 Å². The molecule has 0 saturated heterocycles. The third-order valence-electron chi connectivity index (χ3n) is 1.48. The number of hydrogen-bond donors (Lipinski definition) is 1. The Morgan fingerprint density at radius 3 is 2.91 bits per heavy atom. The molecular weight excluding hydrogens is 138 g/mol. The fourth-order valence-corrected chi connectivity index (χ4v) is 1.01. The average Bonchev–Trinajstić information content (AvgIpc) is 1.85. The molecule has 1 atom stereocenters. The quantitative estimate of drug-likeness (QED) is 0.691. The van der Waals surface area contributed by atoms with E-state index in [0.717, 1.165) is 5.69 Å². The monoisotopic (exact) mass is 151 g/mol. The number of nitrogens with zero attached hydrogens (tertiary/aromatic N) is 1. The van der Waals surface area contributed by atoms with E-state index in [-0.39, 0.29) is 6.10 Å². The molecule has 0 spiro atoms. The first-order chi connectivity index (χ1) is 5.18. The maximum Gasteiger partial charge on any atom is 0.0567 e. The lowest BCUT2D eigenvalue weighted by Gasteiger charge is -2.02. The van der Waals surface area contributed by atoms with Crippen LogP contribution in [-0.2, 0) is 6.42 Å². The van der Waals surface area contributed by atoms with Crippen LogP contribution >= 0.6 is 0 Å². The van der Waals surface area contributed by atoms with Crippen molar-refractivity contribution < 1.29 is 5.11 Å². The molecule has 0 fully saturated rings. The van der Waals surface area contributed by atoms with Crippen LogP contribution in [-0.4, -0.2) is 16.2 Å². The Bertz CT molecular complexity index is 233. The van der Waals surface area contributed by atoms with E-state index < -0.39 is 0 Å². The zero-order valence-electron chi connectivity index (χ0n) is 6.91. The minimum atomic E-state index is -0.302. The molecular formula is C9H13NO. The van der Waals surface area contributed by atoms with E-state index in [9.17, 15) is 0 Å². The smallest absolute Gasteiger partial charge is 0.0567 e. The first kappa shape index (κ1) is 8.21. The van der Waals surface area contributed by atoms with Gasteiger partial charge >= 0.3 is 0 Å². The van der Waals surface area contributed by atoms with Crippen LogP contribution in [0.5, 0.6) is 0 Å². The Morgan fingerprint density at radius 1 is 1.64 bits per heavy atom. The highest BCUT2D eigenvalue weighted by atomic mass is 16.3. The van der Waals surface area contributed by atoms with Gasteiger partial charge in [0, 0.05) is 18.3 Å². The van der Waals surface area contributed by atoms with E-state index >= 15 is 0 Å². The molecule has 1 N–H and O–H groups in total. The van der Waals surface area contributed by atoms with Gasteiger partial charge in [0.1, 0.15) is 0 Å². The molecule has 0 bridgehead atoms. The van der Waals surface area contributed by atoms with Crippen molar-refractivity contribution in [3.8, 4) is 0 Å². The summed E-state index contributed by atoms with van der Waals surface area (Å²) in [5, 5.41) is 9.06. The second-order valence-corrected chi connectivity index (χ2v) is 2.88. The van der Waals surface area contributed by atoms with E-state index in [1.54, 1.807) is 13.1 Å². The minimum absolute atomic E-state index is 0.302. The highest BCUT2D eigenvalue weighted by Crippen LogP contribution is 2.02. The molecule has 0 amide bonds. The van der Waals surface area contributed by atoms with Crippen molar-refractivity contribution in [1.29, 1.82) is 0 Å². The highest BCUT2D eigenvalue weighted by Gasteiger charge is 1.98. The summed E-state index contributed by atoms with van der Waals surface area (Å²) in [6.45, 7) is 3.79. The van der Waals surface area contributed by atoms with Gasteiger partial charge in [-0.15, -0.1) is 0 Å². The Balaban J connectivity index is 2.71. The molecule has 0 radical (unpaired) electrons. The van der Waals surface area contributed by atoms with Crippen LogP contribution in [0.4, 0.5) is 0 Å². The molecule has 2 heteroatoms. The largest absolute Gasteiger partial charge is 0.393 e. The number of aryl methyl sites for hydroxylation is 1. The van der Waals surface area contributed by atoms with Crippen molar-refractivity contribution in [2.75, 3.05) is 0 Å². The van der Waals surface area contributed by atoms with Crippen LogP contribution in [0, 0.1) is 6.92 Å². The van der Waals surface area contributed by atoms with Crippen LogP contribution < -0.4 is 0 Å². The summed E-state index contributed by atoms with van der Waals surface area (Å²) < 4.78 is 0. The van der Waals surface area contributed by atoms with Gasteiger partial charge in [0.05, 0.1) is 6.10 Å². The van der Waals surface area contributed by atoms with E-state index in [2.05, 4.69) is 4.98 Å². The summed E-state index contributed by atoms with van der Waals surface area (Å²) >= 11 is 0. The molecule has 0 aliphatic heterocycles. The number of rotatable bonds is 2. The summed E-state index contributed by atoms with van der Waals surface area (Å²) in [5.74, 6) is 0. The molecule has 0 aliphatic rings. The Morgan fingerprint density at radius 2 is 2.36 bits per heavy atom. The maximum atomic E-state index is 9.06. The van der Waals surface area contributed by atoms with E-state index in [1.807, 2.05) is 19.1 Å². The standard InChI is InChI=1S/C9H13NO/c1-7-3-4-10-9(5-7)6-8(2)11/h3-5,8,11H,6H2,1-2H3/t8-/m0/s1. The van der Waals surface area contributed by atoms with Gasteiger partial charge in [-0.3, -0.25) is 4.98 Å². The molecule has 60 valence electrons. The summed E-state index contributed by atoms with van der Waals surface area (Å²) in [4.78, 5) is 4.12. The van der Waals surface area contributed by atoms with Gasteiger partial charge in [-0.05, 0) is 31.5 Å². The van der Waals surface area contributed by atoms with Gasteiger partial charge in [-0.25, -0.2) is 0 Å². The number of pyridine rings is 1. The topological polar surface area (TPSA) is 33.1 Å². The number of hydrogen-bond acceptors (Lipinski definition) is 2. The van der Waals surface area contributed by atoms with Gasteiger partial charge < -0.3 is 5.11 Å². The molecule has 1 rings (SSSR count). The predicted octanol–water partition coefficient (Wildman–Crippen LogP) is 1.31. The Kier molecular flexibility index (Phi) is 2.60. The van der Waals surface area contributed by atoms with E-state index in [4.69, 9.17) is 5.11 Å². The van der Waals surface area contributed by atoms with Gasteiger partial charge in [0.2, 0.25) is 0 Å². The van der Waals surface area contributed by atoms with Crippen molar-refractivity contribution in [2.24, 2.45) is 0 Å². The summed E-state index contributed by atoms with van der Waals surface area (Å²) in [7, 11) is 0. The lowest BCUT2D eigenvalue weighted by atomic mass is 10.1. The Hall–Kier alpha value is -0.890. The third kappa shape index (κ3) is 2.68. The third-order valence-corrected chi connectivity index (χ3v) is 1.48. The van der Waals surface area contributed by atoms with Crippen LogP contribution in [0.3, 0.4) is 0 Å². The Labute approximate surface area is 66.9 Å². The fraction of sp³-hybridized carbons (Fsp3) is 0.444. The number of aromatic nitrogens is 1. The van der Waals surface area contributed by atoms with Crippen molar-refractivity contribution in [3.05, 3.63) is 29.6 Å². The zero-order valence-corrected chi connectivity index (χ0v) is 6.91. The molecule has 1 aromatic rings. The van der Waals surface area contributed by atoms with E-state index in [0.29, 0.717) is 6.42 Å². The van der Waals surface area contributed by atoms with Crippen molar-refractivity contribution in [3.63, 3.8) is 0 Å². The second kappa shape index (κ2) is 3.49. The molecule has 0 saturated carbocycles. The number of aliphatic hydroxyl groups is 1. The number of aliphatic hydroxyl groups excluding tert-OH is 1. The lowest BCUT2D eigenvalue weighted by Crippen LogP contribution is -2.05. The molecule has 1 heterocycles. The molecule has 11 heavy (non-hydrogen) atoms. The first-order valence-corrected chi connectivity index (χ1v) is 3.78. The fourth-order valence-electron chi connectivity index (χ4n) is 1.01. The van der Waals surface area contributed by atoms with Crippen molar-refractivity contribution >= 4 is 0 Å². The van der Waals surface area contributed by atoms with Crippen LogP contribution in [0.2, 0.25) is 0 Å². The molecule has 0 aliphatic carbocycles. The van der Waals surface area contributed by atoms with Crippen molar-refractivity contribution in [1.82, 2.24) is 4.98 Å². The summed E-state index contributed by atoms with van der Waals surface area (Å²) in [6, 6.07) is 3.94. The van der Waals surface area contributed by atoms with Gasteiger partial charge in [-0.1, -0.05) is 0 Å². The molecule has 1 aromatic heterocycles. The molecule has 0 unspecified atom stereocenters. The van der Waals surface area contributed by atoms with Gasteiger partial charge in [-0.2, -0.15) is 0 Å². The first-order valence-electron chi connectivity index (χ1n) is 3.78. The molecule has 0 aromatic carbocycles. The predicted molar refractivity (Wildman–Crippen MR) is 44.4 cm³/mol. The lowest BCUT2D eigenvalue weighted by molar-refractivity contribution is 0.194. The summed E-state index contributed by atoms with van der Waals surface area (Å²) in [5.41, 5.74) is 2.15. The van der Waals surface area contributed by atoms with Crippen molar-refractivity contribution in [2.45, 2.75) is 26.4 Å². The summed E-state index contributed by atoms with van der Waals surface area (Å²) in [6.07, 6.45) is 2.11. The zero-order chi connectivity index (χ0) is 8.27. The van der Waals surface area contributed by atoms with E-state index in [1.165, 1.54) is 5.56 Å². The van der Waals surface area contributed by atoms with Crippen LogP contribution in [0.25, 0.3) is 0 Å². The van der Waals surface area contributed by atoms with Crippen LogP contribution in [0.1, 0.15) is 18.2 Å². The normalized spacial score (nSPS) is 13.0. The average molecular weight is 151 g/mol. The SMILES string of the molecule is Cc1ccnc(C[C@H](C)O)c1.